The molecule has 1 N–H and O–H groups in total. The monoisotopic (exact) mass is 380 g/mol. The molecule has 0 aliphatic carbocycles. The van der Waals surface area contributed by atoms with Crippen molar-refractivity contribution in [1.29, 1.82) is 0 Å². The van der Waals surface area contributed by atoms with Gasteiger partial charge in [0.2, 0.25) is 10.0 Å². The molecular formula is C16H17ClN4O3S. The van der Waals surface area contributed by atoms with Crippen molar-refractivity contribution in [2.45, 2.75) is 6.92 Å². The van der Waals surface area contributed by atoms with Crippen LogP contribution in [0.3, 0.4) is 0 Å². The van der Waals surface area contributed by atoms with Gasteiger partial charge in [0.15, 0.2) is 0 Å². The second-order valence-electron chi connectivity index (χ2n) is 5.25. The predicted octanol–water partition coefficient (Wildman–Crippen LogP) is 1.96. The molecule has 0 saturated heterocycles. The topological polar surface area (TPSA) is 91.7 Å². The maximum Gasteiger partial charge on any atom is 0.260 e. The van der Waals surface area contributed by atoms with Gasteiger partial charge in [-0.15, -0.1) is 0 Å². The molecule has 1 amide bonds. The number of pyridine rings is 1. The lowest BCUT2D eigenvalue weighted by Gasteiger charge is -2.23. The van der Waals surface area contributed by atoms with E-state index in [1.807, 2.05) is 0 Å². The minimum Gasteiger partial charge on any atom is -0.271 e. The second kappa shape index (κ2) is 8.09. The number of hydrogen-bond donors (Lipinski definition) is 1. The smallest absolute Gasteiger partial charge is 0.260 e. The Morgan fingerprint density at radius 1 is 1.36 bits per heavy atom. The number of aromatic nitrogens is 1. The Hall–Kier alpha value is -2.45. The normalized spacial score (nSPS) is 11.5. The maximum absolute atomic E-state index is 12.1. The maximum atomic E-state index is 12.1. The molecule has 1 aromatic heterocycles. The average molecular weight is 381 g/mol. The van der Waals surface area contributed by atoms with E-state index in [-0.39, 0.29) is 0 Å². The molecule has 9 heteroatoms. The minimum absolute atomic E-state index is 0.346. The third kappa shape index (κ3) is 5.54. The van der Waals surface area contributed by atoms with E-state index in [0.717, 1.165) is 10.6 Å². The third-order valence-corrected chi connectivity index (χ3v) is 4.56. The summed E-state index contributed by atoms with van der Waals surface area (Å²) in [6.45, 7) is 1.32. The summed E-state index contributed by atoms with van der Waals surface area (Å²) in [6.07, 6.45) is 3.99. The summed E-state index contributed by atoms with van der Waals surface area (Å²) in [4.78, 5) is 16.1. The SMILES string of the molecule is Cc1ccc(Cl)cc1N(CC(=O)N/N=C\c1ccccn1)S(C)(=O)=O. The number of rotatable bonds is 6. The lowest BCUT2D eigenvalue weighted by Crippen LogP contribution is -2.39. The van der Waals surface area contributed by atoms with E-state index in [0.29, 0.717) is 22.0 Å². The molecule has 1 aromatic carbocycles. The molecule has 0 unspecified atom stereocenters. The summed E-state index contributed by atoms with van der Waals surface area (Å²) >= 11 is 5.95. The number of benzene rings is 1. The predicted molar refractivity (Wildman–Crippen MR) is 98.4 cm³/mol. The van der Waals surface area contributed by atoms with Crippen molar-refractivity contribution in [3.05, 3.63) is 58.9 Å². The number of nitrogens with one attached hydrogen (secondary N) is 1. The number of anilines is 1. The van der Waals surface area contributed by atoms with Gasteiger partial charge in [-0.25, -0.2) is 13.8 Å². The van der Waals surface area contributed by atoms with E-state index in [9.17, 15) is 13.2 Å². The van der Waals surface area contributed by atoms with Crippen molar-refractivity contribution < 1.29 is 13.2 Å². The van der Waals surface area contributed by atoms with E-state index >= 15 is 0 Å². The molecule has 25 heavy (non-hydrogen) atoms. The lowest BCUT2D eigenvalue weighted by molar-refractivity contribution is -0.119. The number of hydrogen-bond acceptors (Lipinski definition) is 5. The first-order valence-corrected chi connectivity index (χ1v) is 9.47. The number of aryl methyl sites for hydroxylation is 1. The molecule has 0 aliphatic heterocycles. The van der Waals surface area contributed by atoms with E-state index in [1.54, 1.807) is 43.5 Å². The number of hydrazone groups is 1. The van der Waals surface area contributed by atoms with Crippen LogP contribution < -0.4 is 9.73 Å². The van der Waals surface area contributed by atoms with Gasteiger partial charge in [-0.1, -0.05) is 23.7 Å². The minimum atomic E-state index is -3.68. The van der Waals surface area contributed by atoms with E-state index < -0.39 is 22.5 Å². The Bertz CT molecular complexity index is 886. The molecule has 132 valence electrons. The van der Waals surface area contributed by atoms with E-state index in [4.69, 9.17) is 11.6 Å². The van der Waals surface area contributed by atoms with Gasteiger partial charge < -0.3 is 0 Å². The molecule has 0 saturated carbocycles. The molecule has 7 nitrogen and oxygen atoms in total. The molecule has 2 rings (SSSR count). The Kier molecular flexibility index (Phi) is 6.11. The Balaban J connectivity index is 2.14. The zero-order valence-electron chi connectivity index (χ0n) is 13.7. The highest BCUT2D eigenvalue weighted by molar-refractivity contribution is 7.92. The summed E-state index contributed by atoms with van der Waals surface area (Å²) in [5, 5.41) is 4.15. The molecular weight excluding hydrogens is 364 g/mol. The van der Waals surface area contributed by atoms with Gasteiger partial charge >= 0.3 is 0 Å². The van der Waals surface area contributed by atoms with Gasteiger partial charge in [-0.3, -0.25) is 14.1 Å². The van der Waals surface area contributed by atoms with Crippen LogP contribution >= 0.6 is 11.6 Å². The summed E-state index contributed by atoms with van der Waals surface area (Å²) in [5.41, 5.74) is 3.88. The molecule has 2 aromatic rings. The van der Waals surface area contributed by atoms with Gasteiger partial charge in [0, 0.05) is 11.2 Å². The van der Waals surface area contributed by atoms with Crippen molar-refractivity contribution in [2.75, 3.05) is 17.1 Å². The van der Waals surface area contributed by atoms with Gasteiger partial charge in [0.05, 0.1) is 23.9 Å². The van der Waals surface area contributed by atoms with Crippen LogP contribution in [0.5, 0.6) is 0 Å². The van der Waals surface area contributed by atoms with Gasteiger partial charge in [0.1, 0.15) is 6.54 Å². The van der Waals surface area contributed by atoms with Crippen LogP contribution in [0.1, 0.15) is 11.3 Å². The van der Waals surface area contributed by atoms with Crippen molar-refractivity contribution in [2.24, 2.45) is 5.10 Å². The summed E-state index contributed by atoms with van der Waals surface area (Å²) in [6, 6.07) is 10.1. The van der Waals surface area contributed by atoms with Crippen LogP contribution in [0, 0.1) is 6.92 Å². The summed E-state index contributed by atoms with van der Waals surface area (Å²) < 4.78 is 25.1. The number of halogens is 1. The largest absolute Gasteiger partial charge is 0.271 e. The Morgan fingerprint density at radius 3 is 2.76 bits per heavy atom. The fourth-order valence-electron chi connectivity index (χ4n) is 2.02. The molecule has 0 aliphatic rings. The van der Waals surface area contributed by atoms with E-state index in [1.165, 1.54) is 12.3 Å². The summed E-state index contributed by atoms with van der Waals surface area (Å²) in [7, 11) is -3.68. The molecule has 0 radical (unpaired) electrons. The van der Waals surface area contributed by atoms with Gasteiger partial charge in [-0.2, -0.15) is 5.10 Å². The van der Waals surface area contributed by atoms with Crippen molar-refractivity contribution in [3.63, 3.8) is 0 Å². The standard InChI is InChI=1S/C16H17ClN4O3S/c1-12-6-7-13(17)9-15(12)21(25(2,23)24)11-16(22)20-19-10-14-5-3-4-8-18-14/h3-10H,11H2,1-2H3,(H,20,22)/b19-10-. The van der Waals surface area contributed by atoms with Crippen LogP contribution in [-0.4, -0.2) is 38.3 Å². The fraction of sp³-hybridized carbons (Fsp3) is 0.188. The fourth-order valence-corrected chi connectivity index (χ4v) is 3.09. The van der Waals surface area contributed by atoms with Crippen LogP contribution in [0.4, 0.5) is 5.69 Å². The summed E-state index contributed by atoms with van der Waals surface area (Å²) in [5.74, 6) is -0.586. The van der Waals surface area contributed by atoms with Crippen LogP contribution in [0.25, 0.3) is 0 Å². The first kappa shape index (κ1) is 18.9. The van der Waals surface area contributed by atoms with Crippen molar-refractivity contribution in [1.82, 2.24) is 10.4 Å². The van der Waals surface area contributed by atoms with Gasteiger partial charge in [-0.05, 0) is 36.8 Å². The highest BCUT2D eigenvalue weighted by Gasteiger charge is 2.22. The Labute approximate surface area is 151 Å². The van der Waals surface area contributed by atoms with Crippen molar-refractivity contribution in [3.8, 4) is 0 Å². The first-order chi connectivity index (χ1) is 11.8. The first-order valence-electron chi connectivity index (χ1n) is 7.24. The number of amides is 1. The van der Waals surface area contributed by atoms with E-state index in [2.05, 4.69) is 15.5 Å². The number of carbonyl (C=O) groups excluding carboxylic acids is 1. The van der Waals surface area contributed by atoms with Crippen molar-refractivity contribution >= 4 is 39.4 Å². The van der Waals surface area contributed by atoms with Gasteiger partial charge in [0.25, 0.3) is 5.91 Å². The van der Waals surface area contributed by atoms with Crippen LogP contribution in [-0.2, 0) is 14.8 Å². The molecule has 1 heterocycles. The molecule has 0 bridgehead atoms. The number of carbonyl (C=O) groups is 1. The Morgan fingerprint density at radius 2 is 2.12 bits per heavy atom. The highest BCUT2D eigenvalue weighted by Crippen LogP contribution is 2.26. The lowest BCUT2D eigenvalue weighted by atomic mass is 10.2. The zero-order valence-corrected chi connectivity index (χ0v) is 15.3. The third-order valence-electron chi connectivity index (χ3n) is 3.20. The molecule has 0 atom stereocenters. The van der Waals surface area contributed by atoms with Crippen LogP contribution in [0.15, 0.2) is 47.7 Å². The van der Waals surface area contributed by atoms with Crippen LogP contribution in [0.2, 0.25) is 5.02 Å². The highest BCUT2D eigenvalue weighted by atomic mass is 35.5. The number of sulfonamides is 1. The number of nitrogens with zero attached hydrogens (tertiary/aromatic N) is 3. The average Bonchev–Trinajstić information content (AvgIpc) is 2.55. The molecule has 0 spiro atoms. The second-order valence-corrected chi connectivity index (χ2v) is 7.59. The molecule has 0 fully saturated rings. The zero-order chi connectivity index (χ0) is 18.4. The quantitative estimate of drug-likeness (QED) is 0.612.